The third-order valence-electron chi connectivity index (χ3n) is 4.51. The summed E-state index contributed by atoms with van der Waals surface area (Å²) in [6.45, 7) is 4.35. The fourth-order valence-corrected chi connectivity index (χ4v) is 3.47. The summed E-state index contributed by atoms with van der Waals surface area (Å²) in [4.78, 5) is 39.4. The van der Waals surface area contributed by atoms with E-state index >= 15 is 0 Å². The van der Waals surface area contributed by atoms with Crippen LogP contribution in [0, 0.1) is 0 Å². The molecule has 0 aliphatic carbocycles. The number of amides is 2. The van der Waals surface area contributed by atoms with E-state index in [0.717, 1.165) is 0 Å². The van der Waals surface area contributed by atoms with Gasteiger partial charge in [0.05, 0.1) is 5.56 Å². The molecule has 2 heterocycles. The molecule has 2 aromatic rings. The second-order valence-electron chi connectivity index (χ2n) is 6.09. The summed E-state index contributed by atoms with van der Waals surface area (Å²) in [5, 5.41) is 9.26. The van der Waals surface area contributed by atoms with Crippen molar-refractivity contribution in [1.82, 2.24) is 14.4 Å². The van der Waals surface area contributed by atoms with Crippen LogP contribution in [0.25, 0.3) is 11.8 Å². The fraction of sp³-hybridized carbons (Fsp3) is 0.200. The summed E-state index contributed by atoms with van der Waals surface area (Å²) < 4.78 is 1.78. The first-order chi connectivity index (χ1) is 13.4. The molecule has 1 aromatic heterocycles. The van der Waals surface area contributed by atoms with Crippen LogP contribution in [0.4, 0.5) is 0 Å². The molecule has 1 aliphatic heterocycles. The molecule has 144 valence electrons. The van der Waals surface area contributed by atoms with E-state index in [9.17, 15) is 14.4 Å². The fourth-order valence-electron chi connectivity index (χ4n) is 3.04. The number of hydrogen-bond acceptors (Lipinski definition) is 4. The molecule has 1 saturated heterocycles. The second kappa shape index (κ2) is 7.77. The highest BCUT2D eigenvalue weighted by Crippen LogP contribution is 2.22. The smallest absolute Gasteiger partial charge is 0.335 e. The number of aromatic nitrogens is 1. The van der Waals surface area contributed by atoms with Gasteiger partial charge in [-0.25, -0.2) is 4.79 Å². The minimum Gasteiger partial charge on any atom is -0.478 e. The summed E-state index contributed by atoms with van der Waals surface area (Å²) in [5.74, 6) is -1.84. The first-order valence-electron chi connectivity index (χ1n) is 8.79. The van der Waals surface area contributed by atoms with Crippen molar-refractivity contribution < 1.29 is 19.5 Å². The average molecular weight is 397 g/mol. The van der Waals surface area contributed by atoms with Crippen molar-refractivity contribution >= 4 is 41.2 Å². The Morgan fingerprint density at radius 3 is 2.11 bits per heavy atom. The first kappa shape index (κ1) is 19.5. The van der Waals surface area contributed by atoms with Crippen molar-refractivity contribution in [3.05, 3.63) is 59.4 Å². The Hall–Kier alpha value is -3.26. The lowest BCUT2D eigenvalue weighted by atomic mass is 10.1. The number of hydrogen-bond donors (Lipinski definition) is 1. The number of nitrogens with zero attached hydrogens (tertiary/aromatic N) is 3. The Morgan fingerprint density at radius 1 is 1.04 bits per heavy atom. The molecule has 28 heavy (non-hydrogen) atoms. The van der Waals surface area contributed by atoms with Gasteiger partial charge >= 0.3 is 5.97 Å². The van der Waals surface area contributed by atoms with E-state index in [1.165, 1.54) is 21.9 Å². The van der Waals surface area contributed by atoms with Crippen LogP contribution in [0.3, 0.4) is 0 Å². The maximum Gasteiger partial charge on any atom is 0.335 e. The van der Waals surface area contributed by atoms with E-state index in [-0.39, 0.29) is 16.2 Å². The lowest BCUT2D eigenvalue weighted by Gasteiger charge is -2.35. The number of carboxylic acids is 1. The normalized spacial score (nSPS) is 14.6. The van der Waals surface area contributed by atoms with Gasteiger partial charge in [-0.3, -0.25) is 19.4 Å². The minimum atomic E-state index is -1.00. The van der Waals surface area contributed by atoms with Crippen molar-refractivity contribution in [2.45, 2.75) is 13.8 Å². The van der Waals surface area contributed by atoms with E-state index in [1.807, 2.05) is 0 Å². The number of aromatic carboxylic acids is 1. The van der Waals surface area contributed by atoms with Crippen molar-refractivity contribution in [1.29, 1.82) is 0 Å². The maximum atomic E-state index is 12.8. The van der Waals surface area contributed by atoms with Gasteiger partial charge < -0.3 is 9.67 Å². The second-order valence-corrected chi connectivity index (χ2v) is 6.46. The Labute approximate surface area is 167 Å². The van der Waals surface area contributed by atoms with Crippen LogP contribution in [0.15, 0.2) is 48.2 Å². The molecule has 7 nitrogen and oxygen atoms in total. The van der Waals surface area contributed by atoms with Crippen molar-refractivity contribution in [2.75, 3.05) is 13.1 Å². The molecule has 0 radical (unpaired) electrons. The molecule has 0 saturated carbocycles. The Kier molecular flexibility index (Phi) is 5.41. The standard InChI is InChI=1S/C20H19N3O4S/c1-3-21-17(24)16(18(25)22(4-2)20(21)28)12-15-6-5-11-23(15)14-9-7-13(8-10-14)19(26)27/h5-12H,3-4H2,1-2H3,(H,26,27). The molecule has 0 bridgehead atoms. The number of benzene rings is 1. The van der Waals surface area contributed by atoms with Gasteiger partial charge in [0, 0.05) is 30.7 Å². The molecular weight excluding hydrogens is 378 g/mol. The number of rotatable bonds is 5. The third-order valence-corrected chi connectivity index (χ3v) is 4.95. The number of carbonyl (C=O) groups is 3. The van der Waals surface area contributed by atoms with E-state index < -0.39 is 17.8 Å². The summed E-state index contributed by atoms with van der Waals surface area (Å²) in [6, 6.07) is 9.90. The predicted molar refractivity (Wildman–Crippen MR) is 108 cm³/mol. The van der Waals surface area contributed by atoms with Crippen LogP contribution >= 0.6 is 12.2 Å². The molecule has 3 rings (SSSR count). The zero-order chi connectivity index (χ0) is 20.4. The van der Waals surface area contributed by atoms with Crippen molar-refractivity contribution in [2.24, 2.45) is 0 Å². The van der Waals surface area contributed by atoms with Crippen LogP contribution in [0.5, 0.6) is 0 Å². The van der Waals surface area contributed by atoms with Gasteiger partial charge in [0.1, 0.15) is 5.57 Å². The molecule has 0 unspecified atom stereocenters. The van der Waals surface area contributed by atoms with E-state index in [4.69, 9.17) is 17.3 Å². The van der Waals surface area contributed by atoms with Gasteiger partial charge in [0.2, 0.25) is 0 Å². The van der Waals surface area contributed by atoms with Gasteiger partial charge in [0.15, 0.2) is 5.11 Å². The summed E-state index contributed by atoms with van der Waals surface area (Å²) in [5.41, 5.74) is 1.56. The van der Waals surface area contributed by atoms with Crippen LogP contribution < -0.4 is 0 Å². The lowest BCUT2D eigenvalue weighted by Crippen LogP contribution is -2.55. The first-order valence-corrected chi connectivity index (χ1v) is 9.20. The molecule has 1 N–H and O–H groups in total. The maximum absolute atomic E-state index is 12.8. The summed E-state index contributed by atoms with van der Waals surface area (Å²) in [7, 11) is 0. The number of likely N-dealkylation sites (N-methyl/N-ethyl adjacent to an activating group) is 2. The highest BCUT2D eigenvalue weighted by molar-refractivity contribution is 7.80. The molecule has 8 heteroatoms. The zero-order valence-corrected chi connectivity index (χ0v) is 16.3. The van der Waals surface area contributed by atoms with Gasteiger partial charge in [-0.15, -0.1) is 0 Å². The Morgan fingerprint density at radius 2 is 1.61 bits per heavy atom. The van der Waals surface area contributed by atoms with Crippen LogP contribution in [-0.4, -0.2) is 55.5 Å². The van der Waals surface area contributed by atoms with Gasteiger partial charge in [-0.2, -0.15) is 0 Å². The highest BCUT2D eigenvalue weighted by atomic mass is 32.1. The van der Waals surface area contributed by atoms with Crippen LogP contribution in [0.2, 0.25) is 0 Å². The monoisotopic (exact) mass is 397 g/mol. The third kappa shape index (κ3) is 3.34. The van der Waals surface area contributed by atoms with Crippen molar-refractivity contribution in [3.63, 3.8) is 0 Å². The number of carboxylic acid groups (broad SMARTS) is 1. The zero-order valence-electron chi connectivity index (χ0n) is 15.5. The molecule has 1 aromatic carbocycles. The lowest BCUT2D eigenvalue weighted by molar-refractivity contribution is -0.133. The van der Waals surface area contributed by atoms with Crippen LogP contribution in [0.1, 0.15) is 29.9 Å². The summed E-state index contributed by atoms with van der Waals surface area (Å²) >= 11 is 5.27. The van der Waals surface area contributed by atoms with Gasteiger partial charge in [-0.05, 0) is 68.5 Å². The molecule has 0 atom stereocenters. The average Bonchev–Trinajstić information content (AvgIpc) is 3.14. The van der Waals surface area contributed by atoms with Crippen LogP contribution in [-0.2, 0) is 9.59 Å². The SMILES string of the molecule is CCN1C(=O)C(=Cc2cccn2-c2ccc(C(=O)O)cc2)C(=O)N(CC)C1=S. The number of thiocarbonyl (C=S) groups is 1. The van der Waals surface area contributed by atoms with E-state index in [0.29, 0.717) is 24.5 Å². The molecule has 0 spiro atoms. The predicted octanol–water partition coefficient (Wildman–Crippen LogP) is 2.55. The number of carbonyl (C=O) groups excluding carboxylic acids is 2. The highest BCUT2D eigenvalue weighted by Gasteiger charge is 2.37. The topological polar surface area (TPSA) is 82.9 Å². The molecule has 1 aliphatic rings. The summed E-state index contributed by atoms with van der Waals surface area (Å²) in [6.07, 6.45) is 3.32. The minimum absolute atomic E-state index is 0.0411. The van der Waals surface area contributed by atoms with E-state index in [2.05, 4.69) is 0 Å². The Bertz CT molecular complexity index is 963. The van der Waals surface area contributed by atoms with Gasteiger partial charge in [0.25, 0.3) is 11.8 Å². The van der Waals surface area contributed by atoms with E-state index in [1.54, 1.807) is 55.0 Å². The quantitative estimate of drug-likeness (QED) is 0.476. The molecule has 1 fully saturated rings. The Balaban J connectivity index is 2.03. The molecular formula is C20H19N3O4S. The largest absolute Gasteiger partial charge is 0.478 e. The van der Waals surface area contributed by atoms with Crippen molar-refractivity contribution in [3.8, 4) is 5.69 Å². The molecule has 2 amide bonds. The van der Waals surface area contributed by atoms with Gasteiger partial charge in [-0.1, -0.05) is 0 Å².